The second-order valence-corrected chi connectivity index (χ2v) is 6.63. The van der Waals surface area contributed by atoms with Crippen LogP contribution in [-0.4, -0.2) is 29.9 Å². The number of methoxy groups -OCH3 is 1. The standard InChI is InChI=1S/C22H22N2O5/c1-23(15-17-5-3-4-6-20(17)24(26)27)22(25)14-12-19-11-13-21(29-19)16-7-9-18(28-2)10-8-16/h3-11,13H,12,14-15H2,1-2H3. The van der Waals surface area contributed by atoms with Gasteiger partial charge in [-0.1, -0.05) is 18.2 Å². The number of nitrogens with zero attached hydrogens (tertiary/aromatic N) is 2. The zero-order chi connectivity index (χ0) is 20.8. The molecule has 1 heterocycles. The van der Waals surface area contributed by atoms with Crippen molar-refractivity contribution in [3.05, 3.63) is 82.1 Å². The Balaban J connectivity index is 1.58. The number of nitro benzene ring substituents is 1. The summed E-state index contributed by atoms with van der Waals surface area (Å²) in [5.41, 5.74) is 1.45. The summed E-state index contributed by atoms with van der Waals surface area (Å²) in [7, 11) is 3.26. The number of ether oxygens (including phenoxy) is 1. The molecule has 0 spiro atoms. The molecule has 0 radical (unpaired) electrons. The summed E-state index contributed by atoms with van der Waals surface area (Å²) < 4.78 is 11.0. The lowest BCUT2D eigenvalue weighted by atomic mass is 10.1. The van der Waals surface area contributed by atoms with Crippen molar-refractivity contribution >= 4 is 11.6 Å². The molecule has 0 N–H and O–H groups in total. The van der Waals surface area contributed by atoms with Gasteiger partial charge in [0, 0.05) is 37.1 Å². The van der Waals surface area contributed by atoms with Gasteiger partial charge in [0.05, 0.1) is 18.6 Å². The molecule has 2 aromatic carbocycles. The number of para-hydroxylation sites is 1. The third-order valence-corrected chi connectivity index (χ3v) is 4.64. The zero-order valence-electron chi connectivity index (χ0n) is 16.3. The van der Waals surface area contributed by atoms with Gasteiger partial charge in [0.2, 0.25) is 5.91 Å². The minimum Gasteiger partial charge on any atom is -0.497 e. The fraction of sp³-hybridized carbons (Fsp3) is 0.227. The first-order valence-corrected chi connectivity index (χ1v) is 9.17. The van der Waals surface area contributed by atoms with Gasteiger partial charge in [-0.2, -0.15) is 0 Å². The summed E-state index contributed by atoms with van der Waals surface area (Å²) in [4.78, 5) is 24.6. The van der Waals surface area contributed by atoms with Crippen molar-refractivity contribution in [1.29, 1.82) is 0 Å². The topological polar surface area (TPSA) is 85.8 Å². The fourth-order valence-corrected chi connectivity index (χ4v) is 3.01. The maximum absolute atomic E-state index is 12.4. The van der Waals surface area contributed by atoms with E-state index in [-0.39, 0.29) is 24.6 Å². The van der Waals surface area contributed by atoms with Gasteiger partial charge in [0.25, 0.3) is 5.69 Å². The molecule has 0 aliphatic carbocycles. The van der Waals surface area contributed by atoms with Crippen LogP contribution in [0.15, 0.2) is 65.1 Å². The number of furan rings is 1. The van der Waals surface area contributed by atoms with E-state index in [9.17, 15) is 14.9 Å². The predicted octanol–water partition coefficient (Wildman–Crippen LogP) is 4.45. The highest BCUT2D eigenvalue weighted by molar-refractivity contribution is 5.76. The van der Waals surface area contributed by atoms with Crippen molar-refractivity contribution in [2.45, 2.75) is 19.4 Å². The molecular weight excluding hydrogens is 372 g/mol. The summed E-state index contributed by atoms with van der Waals surface area (Å²) in [6.07, 6.45) is 0.711. The highest BCUT2D eigenvalue weighted by Crippen LogP contribution is 2.25. The van der Waals surface area contributed by atoms with Gasteiger partial charge in [0.1, 0.15) is 17.3 Å². The van der Waals surface area contributed by atoms with Crippen molar-refractivity contribution in [2.24, 2.45) is 0 Å². The van der Waals surface area contributed by atoms with E-state index in [1.54, 1.807) is 32.4 Å². The molecule has 0 aliphatic heterocycles. The fourth-order valence-electron chi connectivity index (χ4n) is 3.01. The second kappa shape index (κ2) is 9.05. The first-order chi connectivity index (χ1) is 14.0. The summed E-state index contributed by atoms with van der Waals surface area (Å²) in [6.45, 7) is 0.186. The first-order valence-electron chi connectivity index (χ1n) is 9.17. The van der Waals surface area contributed by atoms with Crippen LogP contribution in [0, 0.1) is 10.1 Å². The molecule has 0 saturated carbocycles. The van der Waals surface area contributed by atoms with E-state index in [0.29, 0.717) is 17.7 Å². The molecule has 7 nitrogen and oxygen atoms in total. The van der Waals surface area contributed by atoms with Crippen LogP contribution in [0.25, 0.3) is 11.3 Å². The predicted molar refractivity (Wildman–Crippen MR) is 109 cm³/mol. The molecule has 0 unspecified atom stereocenters. The van der Waals surface area contributed by atoms with Crippen LogP contribution in [0.5, 0.6) is 5.75 Å². The third-order valence-electron chi connectivity index (χ3n) is 4.64. The van der Waals surface area contributed by atoms with Crippen molar-refractivity contribution in [3.8, 4) is 17.1 Å². The van der Waals surface area contributed by atoms with E-state index in [1.807, 2.05) is 36.4 Å². The van der Waals surface area contributed by atoms with E-state index in [0.717, 1.165) is 17.1 Å². The Labute approximate surface area is 168 Å². The number of benzene rings is 2. The van der Waals surface area contributed by atoms with Gasteiger partial charge in [0.15, 0.2) is 0 Å². The lowest BCUT2D eigenvalue weighted by Gasteiger charge is -2.17. The number of rotatable bonds is 8. The summed E-state index contributed by atoms with van der Waals surface area (Å²) in [6, 6.07) is 17.7. The highest BCUT2D eigenvalue weighted by Gasteiger charge is 2.17. The molecule has 0 atom stereocenters. The number of hydrogen-bond donors (Lipinski definition) is 0. The minimum absolute atomic E-state index is 0.0160. The number of carbonyl (C=O) groups excluding carboxylic acids is 1. The maximum atomic E-state index is 12.4. The van der Waals surface area contributed by atoms with E-state index in [2.05, 4.69) is 0 Å². The normalized spacial score (nSPS) is 10.6. The van der Waals surface area contributed by atoms with Crippen LogP contribution in [-0.2, 0) is 17.8 Å². The molecule has 1 amide bonds. The first kappa shape index (κ1) is 20.1. The van der Waals surface area contributed by atoms with Crippen LogP contribution in [0.1, 0.15) is 17.7 Å². The van der Waals surface area contributed by atoms with E-state index >= 15 is 0 Å². The minimum atomic E-state index is -0.433. The molecule has 29 heavy (non-hydrogen) atoms. The van der Waals surface area contributed by atoms with Gasteiger partial charge >= 0.3 is 0 Å². The second-order valence-electron chi connectivity index (χ2n) is 6.63. The Morgan fingerprint density at radius 2 is 1.83 bits per heavy atom. The quantitative estimate of drug-likeness (QED) is 0.416. The van der Waals surface area contributed by atoms with Gasteiger partial charge in [-0.25, -0.2) is 0 Å². The van der Waals surface area contributed by atoms with Gasteiger partial charge in [-0.3, -0.25) is 14.9 Å². The van der Waals surface area contributed by atoms with Gasteiger partial charge < -0.3 is 14.1 Å². The smallest absolute Gasteiger partial charge is 0.274 e. The average Bonchev–Trinajstić information content (AvgIpc) is 3.21. The van der Waals surface area contributed by atoms with Crippen LogP contribution in [0.2, 0.25) is 0 Å². The number of hydrogen-bond acceptors (Lipinski definition) is 5. The van der Waals surface area contributed by atoms with E-state index < -0.39 is 4.92 Å². The lowest BCUT2D eigenvalue weighted by Crippen LogP contribution is -2.26. The maximum Gasteiger partial charge on any atom is 0.274 e. The van der Waals surface area contributed by atoms with Crippen molar-refractivity contribution in [3.63, 3.8) is 0 Å². The number of aryl methyl sites for hydroxylation is 1. The van der Waals surface area contributed by atoms with Crippen molar-refractivity contribution in [2.75, 3.05) is 14.2 Å². The Bertz CT molecular complexity index is 994. The van der Waals surface area contributed by atoms with Gasteiger partial charge in [-0.15, -0.1) is 0 Å². The van der Waals surface area contributed by atoms with Gasteiger partial charge in [-0.05, 0) is 36.4 Å². The van der Waals surface area contributed by atoms with Crippen molar-refractivity contribution < 1.29 is 18.9 Å². The molecule has 3 rings (SSSR count). The van der Waals surface area contributed by atoms with E-state index in [1.165, 1.54) is 11.0 Å². The number of amides is 1. The van der Waals surface area contributed by atoms with Crippen LogP contribution in [0.3, 0.4) is 0 Å². The summed E-state index contributed by atoms with van der Waals surface area (Å²) in [5.74, 6) is 2.10. The number of carbonyl (C=O) groups is 1. The van der Waals surface area contributed by atoms with Crippen LogP contribution in [0.4, 0.5) is 5.69 Å². The highest BCUT2D eigenvalue weighted by atomic mass is 16.6. The molecule has 0 fully saturated rings. The summed E-state index contributed by atoms with van der Waals surface area (Å²) >= 11 is 0. The third kappa shape index (κ3) is 5.01. The molecule has 0 saturated heterocycles. The lowest BCUT2D eigenvalue weighted by molar-refractivity contribution is -0.385. The monoisotopic (exact) mass is 394 g/mol. The zero-order valence-corrected chi connectivity index (χ0v) is 16.3. The molecule has 150 valence electrons. The molecular formula is C22H22N2O5. The Hall–Kier alpha value is -3.61. The molecule has 7 heteroatoms. The largest absolute Gasteiger partial charge is 0.497 e. The molecule has 0 bridgehead atoms. The molecule has 1 aromatic heterocycles. The molecule has 0 aliphatic rings. The number of nitro groups is 1. The molecule has 3 aromatic rings. The Morgan fingerprint density at radius 1 is 1.10 bits per heavy atom. The van der Waals surface area contributed by atoms with Crippen LogP contribution < -0.4 is 4.74 Å². The average molecular weight is 394 g/mol. The van der Waals surface area contributed by atoms with E-state index in [4.69, 9.17) is 9.15 Å². The SMILES string of the molecule is COc1ccc(-c2ccc(CCC(=O)N(C)Cc3ccccc3[N+](=O)[O-])o2)cc1. The van der Waals surface area contributed by atoms with Crippen LogP contribution >= 0.6 is 0 Å². The Kier molecular flexibility index (Phi) is 6.29. The Morgan fingerprint density at radius 3 is 2.52 bits per heavy atom. The summed E-state index contributed by atoms with van der Waals surface area (Å²) in [5, 5.41) is 11.1. The van der Waals surface area contributed by atoms with Crippen molar-refractivity contribution in [1.82, 2.24) is 4.90 Å².